The van der Waals surface area contributed by atoms with Gasteiger partial charge in [0.2, 0.25) is 5.91 Å². The Labute approximate surface area is 198 Å². The molecular formula is C26H19F3N2O4. The molecule has 4 aromatic rings. The third-order valence-electron chi connectivity index (χ3n) is 5.23. The normalized spacial score (nSPS) is 11.3. The molecule has 1 aromatic heterocycles. The van der Waals surface area contributed by atoms with Gasteiger partial charge in [0.15, 0.2) is 5.76 Å². The molecule has 1 amide bonds. The Morgan fingerprint density at radius 2 is 1.54 bits per heavy atom. The SMILES string of the molecule is O=C(O)CCC(=O)Nc1ccc(-c2cc(-c3ccc(-c4ccccc4)c(C(F)(F)F)c3)no2)cc1. The zero-order valence-corrected chi connectivity index (χ0v) is 18.2. The number of aliphatic carboxylic acids is 1. The highest BCUT2D eigenvalue weighted by molar-refractivity contribution is 5.92. The van der Waals surface area contributed by atoms with E-state index in [9.17, 15) is 22.8 Å². The number of amides is 1. The molecule has 0 spiro atoms. The molecule has 0 aliphatic heterocycles. The lowest BCUT2D eigenvalue weighted by Crippen LogP contribution is -2.12. The smallest absolute Gasteiger partial charge is 0.417 e. The van der Waals surface area contributed by atoms with Crippen molar-refractivity contribution < 1.29 is 32.4 Å². The van der Waals surface area contributed by atoms with Crippen molar-refractivity contribution in [3.05, 3.63) is 84.4 Å². The van der Waals surface area contributed by atoms with Gasteiger partial charge in [-0.1, -0.05) is 47.6 Å². The summed E-state index contributed by atoms with van der Waals surface area (Å²) >= 11 is 0. The summed E-state index contributed by atoms with van der Waals surface area (Å²) in [4.78, 5) is 22.3. The average Bonchev–Trinajstić information content (AvgIpc) is 3.33. The first-order valence-electron chi connectivity index (χ1n) is 10.6. The molecule has 4 rings (SSSR count). The number of carbonyl (C=O) groups is 2. The summed E-state index contributed by atoms with van der Waals surface area (Å²) in [7, 11) is 0. The number of rotatable bonds is 7. The first kappa shape index (κ1) is 23.7. The summed E-state index contributed by atoms with van der Waals surface area (Å²) in [6.45, 7) is 0. The summed E-state index contributed by atoms with van der Waals surface area (Å²) in [6.07, 6.45) is -4.98. The predicted molar refractivity (Wildman–Crippen MR) is 123 cm³/mol. The van der Waals surface area contributed by atoms with Crippen LogP contribution < -0.4 is 5.32 Å². The second-order valence-corrected chi connectivity index (χ2v) is 7.72. The molecular weight excluding hydrogens is 461 g/mol. The number of carboxylic acids is 1. The number of hydrogen-bond acceptors (Lipinski definition) is 4. The maximum absolute atomic E-state index is 13.8. The lowest BCUT2D eigenvalue weighted by Gasteiger charge is -2.14. The molecule has 0 radical (unpaired) electrons. The molecule has 6 nitrogen and oxygen atoms in total. The van der Waals surface area contributed by atoms with Crippen LogP contribution in [0.4, 0.5) is 18.9 Å². The average molecular weight is 480 g/mol. The third kappa shape index (κ3) is 5.75. The second kappa shape index (κ2) is 9.84. The molecule has 1 heterocycles. The van der Waals surface area contributed by atoms with E-state index in [1.165, 1.54) is 12.1 Å². The van der Waals surface area contributed by atoms with E-state index >= 15 is 0 Å². The Balaban J connectivity index is 1.55. The molecule has 0 atom stereocenters. The van der Waals surface area contributed by atoms with E-state index in [1.807, 2.05) is 0 Å². The fourth-order valence-electron chi connectivity index (χ4n) is 3.52. The number of halogens is 3. The number of nitrogens with zero attached hydrogens (tertiary/aromatic N) is 1. The van der Waals surface area contributed by atoms with Crippen molar-refractivity contribution in [2.75, 3.05) is 5.32 Å². The molecule has 0 aliphatic rings. The van der Waals surface area contributed by atoms with Crippen LogP contribution in [-0.4, -0.2) is 22.1 Å². The minimum absolute atomic E-state index is 0.0755. The first-order chi connectivity index (χ1) is 16.7. The van der Waals surface area contributed by atoms with Gasteiger partial charge < -0.3 is 14.9 Å². The quantitative estimate of drug-likeness (QED) is 0.315. The van der Waals surface area contributed by atoms with E-state index in [0.29, 0.717) is 22.6 Å². The van der Waals surface area contributed by atoms with Crippen LogP contribution in [0.2, 0.25) is 0 Å². The summed E-state index contributed by atoms with van der Waals surface area (Å²) in [5, 5.41) is 15.2. The van der Waals surface area contributed by atoms with Crippen LogP contribution in [0.1, 0.15) is 18.4 Å². The monoisotopic (exact) mass is 480 g/mol. The van der Waals surface area contributed by atoms with Crippen molar-refractivity contribution in [2.24, 2.45) is 0 Å². The Hall–Kier alpha value is -4.40. The van der Waals surface area contributed by atoms with Crippen molar-refractivity contribution in [1.82, 2.24) is 5.16 Å². The van der Waals surface area contributed by atoms with Crippen molar-refractivity contribution in [1.29, 1.82) is 0 Å². The van der Waals surface area contributed by atoms with Crippen LogP contribution >= 0.6 is 0 Å². The minimum atomic E-state index is -4.56. The molecule has 0 bridgehead atoms. The standard InChI is InChI=1S/C26H19F3N2O4/c27-26(28,29)21-14-18(8-11-20(21)16-4-2-1-3-5-16)22-15-23(35-31-22)17-6-9-19(10-7-17)30-24(32)12-13-25(33)34/h1-11,14-15H,12-13H2,(H,30,32)(H,33,34). The fraction of sp³-hybridized carbons (Fsp3) is 0.115. The highest BCUT2D eigenvalue weighted by Crippen LogP contribution is 2.39. The molecule has 3 aromatic carbocycles. The van der Waals surface area contributed by atoms with Crippen molar-refractivity contribution >= 4 is 17.6 Å². The number of carboxylic acid groups (broad SMARTS) is 1. The number of aromatic nitrogens is 1. The largest absolute Gasteiger partial charge is 0.481 e. The van der Waals surface area contributed by atoms with Gasteiger partial charge in [0.25, 0.3) is 0 Å². The molecule has 0 unspecified atom stereocenters. The lowest BCUT2D eigenvalue weighted by atomic mass is 9.96. The van der Waals surface area contributed by atoms with Gasteiger partial charge in [-0.05, 0) is 41.5 Å². The number of alkyl halides is 3. The van der Waals surface area contributed by atoms with Crippen LogP contribution in [0.5, 0.6) is 0 Å². The fourth-order valence-corrected chi connectivity index (χ4v) is 3.52. The molecule has 0 saturated heterocycles. The minimum Gasteiger partial charge on any atom is -0.481 e. The van der Waals surface area contributed by atoms with Gasteiger partial charge in [-0.25, -0.2) is 0 Å². The maximum atomic E-state index is 13.8. The number of anilines is 1. The highest BCUT2D eigenvalue weighted by Gasteiger charge is 2.34. The van der Waals surface area contributed by atoms with E-state index in [1.54, 1.807) is 60.7 Å². The van der Waals surface area contributed by atoms with E-state index < -0.39 is 23.6 Å². The molecule has 35 heavy (non-hydrogen) atoms. The van der Waals surface area contributed by atoms with E-state index in [4.69, 9.17) is 9.63 Å². The molecule has 9 heteroatoms. The Kier molecular flexibility index (Phi) is 6.68. The van der Waals surface area contributed by atoms with E-state index in [2.05, 4.69) is 10.5 Å². The number of nitrogens with one attached hydrogen (secondary N) is 1. The second-order valence-electron chi connectivity index (χ2n) is 7.72. The topological polar surface area (TPSA) is 92.4 Å². The zero-order valence-electron chi connectivity index (χ0n) is 18.2. The summed E-state index contributed by atoms with van der Waals surface area (Å²) in [6, 6.07) is 20.4. The summed E-state index contributed by atoms with van der Waals surface area (Å²) in [5.74, 6) is -1.15. The summed E-state index contributed by atoms with van der Waals surface area (Å²) < 4.78 is 46.8. The molecule has 2 N–H and O–H groups in total. The van der Waals surface area contributed by atoms with Gasteiger partial charge in [-0.15, -0.1) is 0 Å². The van der Waals surface area contributed by atoms with Crippen molar-refractivity contribution in [2.45, 2.75) is 19.0 Å². The van der Waals surface area contributed by atoms with Crippen molar-refractivity contribution in [3.63, 3.8) is 0 Å². The first-order valence-corrected chi connectivity index (χ1v) is 10.6. The van der Waals surface area contributed by atoms with Crippen LogP contribution in [0, 0.1) is 0 Å². The summed E-state index contributed by atoms with van der Waals surface area (Å²) in [5.41, 5.74) is 1.34. The number of hydrogen-bond donors (Lipinski definition) is 2. The van der Waals surface area contributed by atoms with Gasteiger partial charge in [0.05, 0.1) is 12.0 Å². The molecule has 0 aliphatic carbocycles. The van der Waals surface area contributed by atoms with Crippen LogP contribution in [-0.2, 0) is 15.8 Å². The van der Waals surface area contributed by atoms with Crippen LogP contribution in [0.25, 0.3) is 33.7 Å². The van der Waals surface area contributed by atoms with Gasteiger partial charge >= 0.3 is 12.1 Å². The lowest BCUT2D eigenvalue weighted by molar-refractivity contribution is -0.138. The Morgan fingerprint density at radius 1 is 0.857 bits per heavy atom. The van der Waals surface area contributed by atoms with Crippen LogP contribution in [0.15, 0.2) is 83.4 Å². The zero-order chi connectivity index (χ0) is 25.0. The molecule has 0 fully saturated rings. The Bertz CT molecular complexity index is 1350. The number of carbonyl (C=O) groups excluding carboxylic acids is 1. The van der Waals surface area contributed by atoms with Gasteiger partial charge in [0, 0.05) is 29.3 Å². The molecule has 0 saturated carbocycles. The van der Waals surface area contributed by atoms with Crippen molar-refractivity contribution in [3.8, 4) is 33.7 Å². The van der Waals surface area contributed by atoms with Crippen LogP contribution in [0.3, 0.4) is 0 Å². The Morgan fingerprint density at radius 3 is 2.20 bits per heavy atom. The predicted octanol–water partition coefficient (Wildman–Crippen LogP) is 6.50. The molecule has 178 valence electrons. The maximum Gasteiger partial charge on any atom is 0.417 e. The number of benzene rings is 3. The van der Waals surface area contributed by atoms with Gasteiger partial charge in [0.1, 0.15) is 5.69 Å². The third-order valence-corrected chi connectivity index (χ3v) is 5.23. The van der Waals surface area contributed by atoms with Gasteiger partial charge in [-0.3, -0.25) is 9.59 Å². The van der Waals surface area contributed by atoms with E-state index in [-0.39, 0.29) is 29.7 Å². The highest BCUT2D eigenvalue weighted by atomic mass is 19.4. The van der Waals surface area contributed by atoms with Gasteiger partial charge in [-0.2, -0.15) is 13.2 Å². The van der Waals surface area contributed by atoms with E-state index in [0.717, 1.165) is 6.07 Å².